The van der Waals surface area contributed by atoms with Crippen LogP contribution in [0, 0.1) is 5.41 Å². The van der Waals surface area contributed by atoms with E-state index in [4.69, 9.17) is 9.47 Å². The predicted molar refractivity (Wildman–Crippen MR) is 111 cm³/mol. The second-order valence-electron chi connectivity index (χ2n) is 8.10. The van der Waals surface area contributed by atoms with Crippen molar-refractivity contribution in [3.8, 4) is 11.1 Å². The summed E-state index contributed by atoms with van der Waals surface area (Å²) in [6.07, 6.45) is 0.0872. The summed E-state index contributed by atoms with van der Waals surface area (Å²) < 4.78 is 10.6. The fraction of sp³-hybridized carbons (Fsp3) is 0.364. The second-order valence-corrected chi connectivity index (χ2v) is 8.10. The van der Waals surface area contributed by atoms with E-state index in [-0.39, 0.29) is 6.42 Å². The van der Waals surface area contributed by atoms with Crippen molar-refractivity contribution in [1.29, 1.82) is 0 Å². The van der Waals surface area contributed by atoms with Gasteiger partial charge in [-0.15, -0.1) is 0 Å². The van der Waals surface area contributed by atoms with Crippen LogP contribution in [0.1, 0.15) is 38.8 Å². The van der Waals surface area contributed by atoms with Crippen molar-refractivity contribution in [1.82, 2.24) is 5.23 Å². The van der Waals surface area contributed by atoms with Gasteiger partial charge in [0.2, 0.25) is 0 Å². The number of benzene rings is 2. The lowest BCUT2D eigenvalue weighted by Crippen LogP contribution is -2.54. The van der Waals surface area contributed by atoms with Crippen LogP contribution in [0.25, 0.3) is 11.1 Å². The van der Waals surface area contributed by atoms with Gasteiger partial charge in [0.25, 0.3) is 5.79 Å². The third-order valence-corrected chi connectivity index (χ3v) is 5.03. The first-order chi connectivity index (χ1) is 13.6. The molecule has 1 fully saturated rings. The van der Waals surface area contributed by atoms with Crippen LogP contribution in [0.15, 0.2) is 54.6 Å². The minimum atomic E-state index is -1.48. The van der Waals surface area contributed by atoms with E-state index in [0.717, 1.165) is 16.7 Å². The Labute approximate surface area is 171 Å². The van der Waals surface area contributed by atoms with Crippen LogP contribution in [0.2, 0.25) is 6.82 Å². The van der Waals surface area contributed by atoms with E-state index in [9.17, 15) is 14.6 Å². The fourth-order valence-electron chi connectivity index (χ4n) is 3.48. The number of esters is 2. The van der Waals surface area contributed by atoms with Crippen LogP contribution in [0.5, 0.6) is 0 Å². The molecule has 7 heteroatoms. The maximum Gasteiger partial charge on any atom is 0.374 e. The van der Waals surface area contributed by atoms with E-state index in [0.29, 0.717) is 0 Å². The van der Waals surface area contributed by atoms with Crippen molar-refractivity contribution in [3.63, 3.8) is 0 Å². The average molecular weight is 395 g/mol. The molecule has 152 valence electrons. The summed E-state index contributed by atoms with van der Waals surface area (Å²) in [6.45, 7) is 6.16. The minimum absolute atomic E-state index is 0.0872. The Balaban J connectivity index is 1.93. The summed E-state index contributed by atoms with van der Waals surface area (Å²) in [5.74, 6) is -2.54. The summed E-state index contributed by atoms with van der Waals surface area (Å²) in [6, 6.07) is 17.2. The number of ether oxygens (including phenoxy) is 2. The van der Waals surface area contributed by atoms with Crippen LogP contribution in [-0.2, 0) is 19.1 Å². The molecule has 0 saturated carbocycles. The van der Waals surface area contributed by atoms with Crippen molar-refractivity contribution in [2.24, 2.45) is 5.41 Å². The normalized spacial score (nSPS) is 18.5. The Hall–Kier alpha value is -2.64. The highest BCUT2D eigenvalue weighted by molar-refractivity contribution is 6.45. The van der Waals surface area contributed by atoms with Gasteiger partial charge in [0.1, 0.15) is 0 Å². The largest absolute Gasteiger partial charge is 0.437 e. The molecule has 0 amide bonds. The Kier molecular flexibility index (Phi) is 5.82. The molecule has 2 aromatic carbocycles. The number of carbonyl (C=O) groups excluding carboxylic acids is 2. The smallest absolute Gasteiger partial charge is 0.374 e. The molecule has 1 aliphatic rings. The van der Waals surface area contributed by atoms with E-state index in [1.165, 1.54) is 20.8 Å². The van der Waals surface area contributed by atoms with E-state index in [1.54, 1.807) is 6.82 Å². The second kappa shape index (κ2) is 8.01. The molecule has 1 atom stereocenters. The monoisotopic (exact) mass is 395 g/mol. The summed E-state index contributed by atoms with van der Waals surface area (Å²) in [5, 5.41) is 13.0. The van der Waals surface area contributed by atoms with Gasteiger partial charge in [-0.2, -0.15) is 0 Å². The van der Waals surface area contributed by atoms with Gasteiger partial charge < -0.3 is 19.7 Å². The van der Waals surface area contributed by atoms with Gasteiger partial charge >= 0.3 is 19.0 Å². The van der Waals surface area contributed by atoms with E-state index >= 15 is 0 Å². The highest BCUT2D eigenvalue weighted by Gasteiger charge is 2.53. The number of hydrogen-bond donors (Lipinski definition) is 2. The predicted octanol–water partition coefficient (Wildman–Crippen LogP) is 3.33. The first kappa shape index (κ1) is 21.1. The van der Waals surface area contributed by atoms with Crippen molar-refractivity contribution >= 4 is 19.0 Å². The highest BCUT2D eigenvalue weighted by atomic mass is 16.7. The molecule has 0 radical (unpaired) electrons. The quantitative estimate of drug-likeness (QED) is 0.444. The van der Waals surface area contributed by atoms with Gasteiger partial charge in [-0.05, 0) is 42.9 Å². The summed E-state index contributed by atoms with van der Waals surface area (Å²) in [7, 11) is -0.837. The van der Waals surface area contributed by atoms with Gasteiger partial charge in [-0.3, -0.25) is 9.59 Å². The average Bonchev–Trinajstić information content (AvgIpc) is 2.66. The van der Waals surface area contributed by atoms with Crippen LogP contribution in [0.3, 0.4) is 0 Å². The lowest BCUT2D eigenvalue weighted by Gasteiger charge is -2.40. The van der Waals surface area contributed by atoms with Crippen molar-refractivity contribution in [2.45, 2.75) is 45.8 Å². The zero-order chi connectivity index (χ0) is 21.2. The standard InChI is InChI=1S/C22H26BNO5/c1-21(2)28-19(25)22(3,20(26)29-21)14-18(24-23(4)27)17-12-8-11-16(13-17)15-9-6-5-7-10-15/h5-13,18,24,27H,14H2,1-4H3/t18-/m0/s1. The number of hydrogen-bond acceptors (Lipinski definition) is 6. The van der Waals surface area contributed by atoms with Gasteiger partial charge in [-0.1, -0.05) is 48.5 Å². The first-order valence-corrected chi connectivity index (χ1v) is 9.67. The SMILES string of the molecule is CB(O)N[C@@H](CC1(C)C(=O)OC(C)(C)OC1=O)c1cccc(-c2ccccc2)c1. The zero-order valence-corrected chi connectivity index (χ0v) is 17.1. The van der Waals surface area contributed by atoms with Crippen molar-refractivity contribution in [3.05, 3.63) is 60.2 Å². The van der Waals surface area contributed by atoms with Gasteiger partial charge in [0, 0.05) is 19.9 Å². The lowest BCUT2D eigenvalue weighted by atomic mass is 9.77. The third-order valence-electron chi connectivity index (χ3n) is 5.03. The van der Waals surface area contributed by atoms with Gasteiger partial charge in [0.15, 0.2) is 5.41 Å². The Bertz CT molecular complexity index is 877. The molecule has 0 spiro atoms. The van der Waals surface area contributed by atoms with Crippen LogP contribution in [0.4, 0.5) is 0 Å². The van der Waals surface area contributed by atoms with Crippen molar-refractivity contribution < 1.29 is 24.1 Å². The molecule has 1 heterocycles. The molecule has 1 aliphatic heterocycles. The Morgan fingerprint density at radius 2 is 1.55 bits per heavy atom. The Morgan fingerprint density at radius 1 is 0.966 bits per heavy atom. The molecular weight excluding hydrogens is 369 g/mol. The zero-order valence-electron chi connectivity index (χ0n) is 17.1. The van der Waals surface area contributed by atoms with Gasteiger partial charge in [0.05, 0.1) is 0 Å². The number of nitrogens with one attached hydrogen (secondary N) is 1. The summed E-state index contributed by atoms with van der Waals surface area (Å²) in [4.78, 5) is 25.3. The third kappa shape index (κ3) is 4.69. The molecule has 29 heavy (non-hydrogen) atoms. The number of cyclic esters (lactones) is 2. The molecule has 0 aliphatic carbocycles. The van der Waals surface area contributed by atoms with Crippen LogP contribution in [-0.4, -0.2) is 29.8 Å². The van der Waals surface area contributed by atoms with Crippen molar-refractivity contribution in [2.75, 3.05) is 0 Å². The maximum atomic E-state index is 12.7. The van der Waals surface area contributed by atoms with E-state index in [1.807, 2.05) is 54.6 Å². The number of carbonyl (C=O) groups is 2. The molecule has 0 unspecified atom stereocenters. The summed E-state index contributed by atoms with van der Waals surface area (Å²) in [5.41, 5.74) is 1.42. The first-order valence-electron chi connectivity index (χ1n) is 9.67. The molecule has 2 aromatic rings. The molecule has 0 aromatic heterocycles. The van der Waals surface area contributed by atoms with E-state index in [2.05, 4.69) is 5.23 Å². The molecule has 2 N–H and O–H groups in total. The molecule has 3 rings (SSSR count). The molecular formula is C22H26BNO5. The molecule has 0 bridgehead atoms. The minimum Gasteiger partial charge on any atom is -0.437 e. The molecule has 6 nitrogen and oxygen atoms in total. The summed E-state index contributed by atoms with van der Waals surface area (Å²) >= 11 is 0. The van der Waals surface area contributed by atoms with Gasteiger partial charge in [-0.25, -0.2) is 0 Å². The van der Waals surface area contributed by atoms with Crippen LogP contribution < -0.4 is 5.23 Å². The maximum absolute atomic E-state index is 12.7. The fourth-order valence-corrected chi connectivity index (χ4v) is 3.48. The Morgan fingerprint density at radius 3 is 2.14 bits per heavy atom. The molecule has 1 saturated heterocycles. The topological polar surface area (TPSA) is 84.9 Å². The van der Waals surface area contributed by atoms with E-state index < -0.39 is 36.2 Å². The van der Waals surface area contributed by atoms with Crippen LogP contribution >= 0.6 is 0 Å². The lowest BCUT2D eigenvalue weighted by molar-refractivity contribution is -0.250. The highest BCUT2D eigenvalue weighted by Crippen LogP contribution is 2.39. The number of rotatable bonds is 6.